The molecule has 0 fully saturated rings. The Bertz CT molecular complexity index is 626. The quantitative estimate of drug-likeness (QED) is 0.810. The minimum atomic E-state index is -4.48. The van der Waals surface area contributed by atoms with Gasteiger partial charge < -0.3 is 10.2 Å². The van der Waals surface area contributed by atoms with E-state index >= 15 is 0 Å². The van der Waals surface area contributed by atoms with E-state index in [2.05, 4.69) is 5.32 Å². The number of urea groups is 1. The van der Waals surface area contributed by atoms with Gasteiger partial charge in [0, 0.05) is 13.1 Å². The van der Waals surface area contributed by atoms with E-state index in [9.17, 15) is 22.4 Å². The van der Waals surface area contributed by atoms with E-state index < -0.39 is 24.6 Å². The first-order chi connectivity index (χ1) is 10.8. The fourth-order valence-corrected chi connectivity index (χ4v) is 2.57. The van der Waals surface area contributed by atoms with Crippen LogP contribution >= 0.6 is 11.3 Å². The number of nitrogens with zero attached hydrogens (tertiary/aromatic N) is 1. The van der Waals surface area contributed by atoms with Gasteiger partial charge in [-0.25, -0.2) is 9.18 Å². The molecule has 0 aliphatic heterocycles. The Labute approximate surface area is 134 Å². The topological polar surface area (TPSA) is 32.3 Å². The van der Waals surface area contributed by atoms with Crippen LogP contribution in [-0.4, -0.2) is 23.7 Å². The van der Waals surface area contributed by atoms with Gasteiger partial charge >= 0.3 is 12.2 Å². The van der Waals surface area contributed by atoms with Gasteiger partial charge in [0.25, 0.3) is 0 Å². The van der Waals surface area contributed by atoms with Crippen molar-refractivity contribution in [3.63, 3.8) is 0 Å². The van der Waals surface area contributed by atoms with Gasteiger partial charge in [0.15, 0.2) is 0 Å². The summed E-state index contributed by atoms with van der Waals surface area (Å²) in [6, 6.07) is 6.21. The van der Waals surface area contributed by atoms with Crippen molar-refractivity contribution < 1.29 is 22.4 Å². The van der Waals surface area contributed by atoms with Crippen LogP contribution in [0.2, 0.25) is 0 Å². The average molecular weight is 346 g/mol. The van der Waals surface area contributed by atoms with Crippen molar-refractivity contribution >= 4 is 17.4 Å². The molecule has 124 valence electrons. The summed E-state index contributed by atoms with van der Waals surface area (Å²) < 4.78 is 50.7. The molecule has 1 aromatic carbocycles. The van der Waals surface area contributed by atoms with E-state index in [1.165, 1.54) is 35.6 Å². The molecular formula is C15H14F4N2OS. The van der Waals surface area contributed by atoms with Crippen molar-refractivity contribution in [1.82, 2.24) is 10.2 Å². The van der Waals surface area contributed by atoms with Crippen molar-refractivity contribution in [3.8, 4) is 0 Å². The zero-order valence-electron chi connectivity index (χ0n) is 11.9. The fraction of sp³-hybridized carbons (Fsp3) is 0.267. The van der Waals surface area contributed by atoms with Gasteiger partial charge in [-0.15, -0.1) is 0 Å². The molecule has 2 rings (SSSR count). The SMILES string of the molecule is O=C(NCc1ccc(F)cc1)N(Cc1ccsc1)CC(F)(F)F. The van der Waals surface area contributed by atoms with E-state index in [1.807, 2.05) is 0 Å². The Kier molecular flexibility index (Phi) is 5.59. The summed E-state index contributed by atoms with van der Waals surface area (Å²) in [4.78, 5) is 12.7. The van der Waals surface area contributed by atoms with Gasteiger partial charge in [-0.05, 0) is 40.1 Å². The van der Waals surface area contributed by atoms with E-state index in [-0.39, 0.29) is 13.1 Å². The number of thiophene rings is 1. The standard InChI is InChI=1S/C15H14F4N2OS/c16-13-3-1-11(2-4-13)7-20-14(22)21(10-15(17,18)19)8-12-5-6-23-9-12/h1-6,9H,7-8,10H2,(H,20,22). The minimum absolute atomic E-state index is 0.0249. The van der Waals surface area contributed by atoms with Crippen molar-refractivity contribution in [3.05, 3.63) is 58.0 Å². The molecule has 2 amide bonds. The smallest absolute Gasteiger partial charge is 0.334 e. The lowest BCUT2D eigenvalue weighted by atomic mass is 10.2. The second kappa shape index (κ2) is 7.45. The predicted molar refractivity (Wildman–Crippen MR) is 79.4 cm³/mol. The largest absolute Gasteiger partial charge is 0.406 e. The summed E-state index contributed by atoms with van der Waals surface area (Å²) >= 11 is 1.35. The normalized spacial score (nSPS) is 11.3. The number of carbonyl (C=O) groups is 1. The van der Waals surface area contributed by atoms with Crippen LogP contribution in [0.3, 0.4) is 0 Å². The first-order valence-electron chi connectivity index (χ1n) is 6.68. The minimum Gasteiger partial charge on any atom is -0.334 e. The third-order valence-electron chi connectivity index (χ3n) is 2.97. The Balaban J connectivity index is 1.98. The van der Waals surface area contributed by atoms with Crippen LogP contribution < -0.4 is 5.32 Å². The highest BCUT2D eigenvalue weighted by molar-refractivity contribution is 7.07. The van der Waals surface area contributed by atoms with Crippen molar-refractivity contribution in [2.45, 2.75) is 19.3 Å². The summed E-state index contributed by atoms with van der Waals surface area (Å²) in [5, 5.41) is 5.85. The molecular weight excluding hydrogens is 332 g/mol. The van der Waals surface area contributed by atoms with Crippen LogP contribution in [-0.2, 0) is 13.1 Å². The fourth-order valence-electron chi connectivity index (χ4n) is 1.91. The van der Waals surface area contributed by atoms with Crippen LogP contribution in [0.15, 0.2) is 41.1 Å². The Morgan fingerprint density at radius 1 is 1.13 bits per heavy atom. The maximum Gasteiger partial charge on any atom is 0.406 e. The van der Waals surface area contributed by atoms with Crippen LogP contribution in [0, 0.1) is 5.82 Å². The predicted octanol–water partition coefficient (Wildman–Crippen LogP) is 4.16. The van der Waals surface area contributed by atoms with Gasteiger partial charge in [0.1, 0.15) is 12.4 Å². The highest BCUT2D eigenvalue weighted by atomic mass is 32.1. The monoisotopic (exact) mass is 346 g/mol. The third-order valence-corrected chi connectivity index (χ3v) is 3.70. The van der Waals surface area contributed by atoms with Crippen molar-refractivity contribution in [2.75, 3.05) is 6.54 Å². The number of benzene rings is 1. The van der Waals surface area contributed by atoms with E-state index in [1.54, 1.807) is 16.8 Å². The summed E-state index contributed by atoms with van der Waals surface area (Å²) in [5.41, 5.74) is 1.23. The lowest BCUT2D eigenvalue weighted by Crippen LogP contribution is -2.44. The summed E-state index contributed by atoms with van der Waals surface area (Å²) in [5.74, 6) is -0.420. The molecule has 0 unspecified atom stereocenters. The molecule has 0 bridgehead atoms. The van der Waals surface area contributed by atoms with Gasteiger partial charge in [-0.3, -0.25) is 0 Å². The maximum atomic E-state index is 12.8. The van der Waals surface area contributed by atoms with Crippen molar-refractivity contribution in [2.24, 2.45) is 0 Å². The number of carbonyl (C=O) groups excluding carboxylic acids is 1. The van der Waals surface area contributed by atoms with Crippen LogP contribution in [0.5, 0.6) is 0 Å². The Hall–Kier alpha value is -2.09. The molecule has 0 saturated carbocycles. The Morgan fingerprint density at radius 2 is 1.83 bits per heavy atom. The van der Waals surface area contributed by atoms with E-state index in [0.29, 0.717) is 16.0 Å². The van der Waals surface area contributed by atoms with E-state index in [0.717, 1.165) is 0 Å². The number of alkyl halides is 3. The van der Waals surface area contributed by atoms with Gasteiger partial charge in [-0.2, -0.15) is 24.5 Å². The maximum absolute atomic E-state index is 12.8. The number of halogens is 4. The van der Waals surface area contributed by atoms with Crippen LogP contribution in [0.4, 0.5) is 22.4 Å². The van der Waals surface area contributed by atoms with Gasteiger partial charge in [0.2, 0.25) is 0 Å². The summed E-state index contributed by atoms with van der Waals surface area (Å²) in [7, 11) is 0. The van der Waals surface area contributed by atoms with Crippen molar-refractivity contribution in [1.29, 1.82) is 0 Å². The lowest BCUT2D eigenvalue weighted by molar-refractivity contribution is -0.140. The summed E-state index contributed by atoms with van der Waals surface area (Å²) in [6.07, 6.45) is -4.48. The molecule has 23 heavy (non-hydrogen) atoms. The van der Waals surface area contributed by atoms with Crippen LogP contribution in [0.25, 0.3) is 0 Å². The highest BCUT2D eigenvalue weighted by Gasteiger charge is 2.33. The highest BCUT2D eigenvalue weighted by Crippen LogP contribution is 2.19. The second-order valence-corrected chi connectivity index (χ2v) is 5.67. The molecule has 8 heteroatoms. The molecule has 0 aliphatic rings. The molecule has 1 heterocycles. The number of hydrogen-bond acceptors (Lipinski definition) is 2. The molecule has 3 nitrogen and oxygen atoms in total. The zero-order valence-corrected chi connectivity index (χ0v) is 12.8. The average Bonchev–Trinajstić information content (AvgIpc) is 2.97. The molecule has 1 N–H and O–H groups in total. The molecule has 1 aromatic heterocycles. The zero-order chi connectivity index (χ0) is 16.9. The third kappa shape index (κ3) is 5.90. The second-order valence-electron chi connectivity index (χ2n) is 4.89. The molecule has 0 saturated heterocycles. The number of hydrogen-bond donors (Lipinski definition) is 1. The van der Waals surface area contributed by atoms with Gasteiger partial charge in [0.05, 0.1) is 0 Å². The number of amides is 2. The summed E-state index contributed by atoms with van der Waals surface area (Å²) in [6.45, 7) is -1.44. The Morgan fingerprint density at radius 3 is 2.39 bits per heavy atom. The number of nitrogens with one attached hydrogen (secondary N) is 1. The molecule has 0 spiro atoms. The van der Waals surface area contributed by atoms with Gasteiger partial charge in [-0.1, -0.05) is 12.1 Å². The van der Waals surface area contributed by atoms with Crippen LogP contribution in [0.1, 0.15) is 11.1 Å². The molecule has 2 aromatic rings. The lowest BCUT2D eigenvalue weighted by Gasteiger charge is -2.24. The first kappa shape index (κ1) is 17.3. The number of rotatable bonds is 5. The molecule has 0 radical (unpaired) electrons. The first-order valence-corrected chi connectivity index (χ1v) is 7.63. The van der Waals surface area contributed by atoms with E-state index in [4.69, 9.17) is 0 Å². The molecule has 0 aliphatic carbocycles. The molecule has 0 atom stereocenters.